The molecular formula is C31H24N2O7. The van der Waals surface area contributed by atoms with Crippen LogP contribution in [0.4, 0.5) is 11.4 Å². The quantitative estimate of drug-likeness (QED) is 0.210. The van der Waals surface area contributed by atoms with Gasteiger partial charge in [0.2, 0.25) is 11.8 Å². The second-order valence-electron chi connectivity index (χ2n) is 9.89. The number of nitrogens with zero attached hydrogens (tertiary/aromatic N) is 2. The Hall–Kier alpha value is -5.05. The van der Waals surface area contributed by atoms with Crippen LogP contribution in [0.5, 0.6) is 11.5 Å². The third-order valence-electron chi connectivity index (χ3n) is 7.44. The van der Waals surface area contributed by atoms with Crippen LogP contribution < -0.4 is 19.3 Å². The molecule has 0 N–H and O–H groups in total. The second kappa shape index (κ2) is 9.60. The standard InChI is InChI=1S/C31H24N2O7/c1-17(34)39-22-12-7-20(8-13-22)29(36)28-27-26(25-16-9-19-5-3-4-6-24(19)33(25)28)30(37)32(31(27)38)21-10-14-23(15-11-21)40-18(2)35/h3-16,25-28H,1-2H3/t25-,26-,27-,28+/m1/s1. The smallest absolute Gasteiger partial charge is 0.308 e. The Labute approximate surface area is 229 Å². The van der Waals surface area contributed by atoms with E-state index in [1.54, 1.807) is 24.3 Å². The van der Waals surface area contributed by atoms with Gasteiger partial charge in [-0.15, -0.1) is 0 Å². The predicted molar refractivity (Wildman–Crippen MR) is 145 cm³/mol. The van der Waals surface area contributed by atoms with E-state index < -0.39 is 47.7 Å². The highest BCUT2D eigenvalue weighted by atomic mass is 16.5. The summed E-state index contributed by atoms with van der Waals surface area (Å²) < 4.78 is 10.2. The van der Waals surface area contributed by atoms with Gasteiger partial charge in [0.25, 0.3) is 0 Å². The van der Waals surface area contributed by atoms with Crippen molar-refractivity contribution < 1.29 is 33.4 Å². The number of rotatable bonds is 5. The highest BCUT2D eigenvalue weighted by Crippen LogP contribution is 2.49. The molecule has 3 aliphatic heterocycles. The summed E-state index contributed by atoms with van der Waals surface area (Å²) in [6.07, 6.45) is 3.80. The first kappa shape index (κ1) is 25.2. The summed E-state index contributed by atoms with van der Waals surface area (Å²) in [5, 5.41) is 0. The van der Waals surface area contributed by atoms with Gasteiger partial charge in [-0.25, -0.2) is 4.90 Å². The third-order valence-corrected chi connectivity index (χ3v) is 7.44. The number of fused-ring (bicyclic) bond motifs is 5. The van der Waals surface area contributed by atoms with Crippen LogP contribution in [0, 0.1) is 11.8 Å². The Morgan fingerprint density at radius 1 is 0.725 bits per heavy atom. The summed E-state index contributed by atoms with van der Waals surface area (Å²) in [5.41, 5.74) is 2.33. The maximum Gasteiger partial charge on any atom is 0.308 e. The monoisotopic (exact) mass is 536 g/mol. The van der Waals surface area contributed by atoms with Gasteiger partial charge in [0.15, 0.2) is 5.78 Å². The molecule has 0 radical (unpaired) electrons. The van der Waals surface area contributed by atoms with Crippen molar-refractivity contribution in [3.05, 3.63) is 90.0 Å². The molecule has 40 heavy (non-hydrogen) atoms. The number of imide groups is 1. The molecule has 0 bridgehead atoms. The summed E-state index contributed by atoms with van der Waals surface area (Å²) in [5.74, 6) is -3.26. The van der Waals surface area contributed by atoms with Gasteiger partial charge >= 0.3 is 11.9 Å². The first-order valence-corrected chi connectivity index (χ1v) is 12.8. The molecule has 0 unspecified atom stereocenters. The Balaban J connectivity index is 1.40. The minimum Gasteiger partial charge on any atom is -0.427 e. The molecule has 200 valence electrons. The lowest BCUT2D eigenvalue weighted by atomic mass is 9.86. The number of anilines is 2. The van der Waals surface area contributed by atoms with E-state index in [1.165, 1.54) is 38.1 Å². The molecule has 0 aromatic heterocycles. The molecule has 2 amide bonds. The number of para-hydroxylation sites is 1. The lowest BCUT2D eigenvalue weighted by Crippen LogP contribution is -2.48. The second-order valence-corrected chi connectivity index (χ2v) is 9.89. The van der Waals surface area contributed by atoms with E-state index in [1.807, 2.05) is 41.3 Å². The molecule has 0 spiro atoms. The number of ether oxygens (including phenoxy) is 2. The number of carbonyl (C=O) groups is 5. The number of amides is 2. The van der Waals surface area contributed by atoms with Gasteiger partial charge in [-0.3, -0.25) is 24.0 Å². The lowest BCUT2D eigenvalue weighted by Gasteiger charge is -2.36. The average molecular weight is 537 g/mol. The van der Waals surface area contributed by atoms with Crippen molar-refractivity contribution in [2.24, 2.45) is 11.8 Å². The fourth-order valence-electron chi connectivity index (χ4n) is 5.92. The number of hydrogen-bond donors (Lipinski definition) is 0. The van der Waals surface area contributed by atoms with E-state index in [0.29, 0.717) is 22.7 Å². The van der Waals surface area contributed by atoms with E-state index >= 15 is 0 Å². The molecular weight excluding hydrogens is 512 g/mol. The fourth-order valence-corrected chi connectivity index (χ4v) is 5.92. The summed E-state index contributed by atoms with van der Waals surface area (Å²) in [7, 11) is 0. The SMILES string of the molecule is CC(=O)Oc1ccc(C(=O)[C@@H]2[C@@H]3C(=O)N(c4ccc(OC(C)=O)cc4)C(=O)[C@@H]3[C@H]3C=Cc4ccccc4N32)cc1. The number of carbonyl (C=O) groups excluding carboxylic acids is 5. The highest BCUT2D eigenvalue weighted by Gasteiger charge is 2.64. The summed E-state index contributed by atoms with van der Waals surface area (Å²) in [4.78, 5) is 67.6. The molecule has 9 heteroatoms. The number of Topliss-reactive ketones (excluding diaryl/α,β-unsaturated/α-hetero) is 1. The molecule has 2 saturated heterocycles. The normalized spacial score (nSPS) is 22.4. The van der Waals surface area contributed by atoms with Crippen LogP contribution >= 0.6 is 0 Å². The minimum absolute atomic E-state index is 0.291. The first-order chi connectivity index (χ1) is 19.2. The van der Waals surface area contributed by atoms with Gasteiger partial charge < -0.3 is 14.4 Å². The fraction of sp³-hybridized carbons (Fsp3) is 0.194. The largest absolute Gasteiger partial charge is 0.427 e. The van der Waals surface area contributed by atoms with Gasteiger partial charge in [0, 0.05) is 25.1 Å². The topological polar surface area (TPSA) is 110 Å². The number of benzene rings is 3. The third kappa shape index (κ3) is 4.07. The summed E-state index contributed by atoms with van der Waals surface area (Å²) in [6, 6.07) is 18.4. The summed E-state index contributed by atoms with van der Waals surface area (Å²) >= 11 is 0. The number of ketones is 1. The van der Waals surface area contributed by atoms with Crippen molar-refractivity contribution in [2.75, 3.05) is 9.80 Å². The molecule has 3 aliphatic rings. The minimum atomic E-state index is -0.942. The molecule has 0 aliphatic carbocycles. The molecule has 9 nitrogen and oxygen atoms in total. The molecule has 0 saturated carbocycles. The van der Waals surface area contributed by atoms with Gasteiger partial charge in [-0.05, 0) is 60.2 Å². The molecule has 4 atom stereocenters. The average Bonchev–Trinajstić information content (AvgIpc) is 3.41. The molecule has 3 heterocycles. The van der Waals surface area contributed by atoms with Gasteiger partial charge in [-0.2, -0.15) is 0 Å². The van der Waals surface area contributed by atoms with Crippen molar-refractivity contribution in [3.63, 3.8) is 0 Å². The van der Waals surface area contributed by atoms with Crippen LogP contribution in [0.2, 0.25) is 0 Å². The van der Waals surface area contributed by atoms with Crippen molar-refractivity contribution in [2.45, 2.75) is 25.9 Å². The van der Waals surface area contributed by atoms with Crippen molar-refractivity contribution in [3.8, 4) is 11.5 Å². The maximum absolute atomic E-state index is 14.1. The van der Waals surface area contributed by atoms with E-state index in [0.717, 1.165) is 16.2 Å². The number of esters is 2. The maximum atomic E-state index is 14.1. The van der Waals surface area contributed by atoms with Crippen molar-refractivity contribution in [1.29, 1.82) is 0 Å². The lowest BCUT2D eigenvalue weighted by molar-refractivity contribution is -0.132. The van der Waals surface area contributed by atoms with Crippen LogP contribution in [-0.4, -0.2) is 41.6 Å². The molecule has 3 aromatic rings. The Kier molecular flexibility index (Phi) is 6.06. The van der Waals surface area contributed by atoms with Gasteiger partial charge in [0.1, 0.15) is 17.5 Å². The van der Waals surface area contributed by atoms with Crippen LogP contribution in [0.1, 0.15) is 29.8 Å². The van der Waals surface area contributed by atoms with E-state index in [9.17, 15) is 24.0 Å². The number of hydrogen-bond acceptors (Lipinski definition) is 8. The van der Waals surface area contributed by atoms with Crippen molar-refractivity contribution >= 4 is 47.0 Å². The van der Waals surface area contributed by atoms with Gasteiger partial charge in [-0.1, -0.05) is 30.4 Å². The van der Waals surface area contributed by atoms with Crippen LogP contribution in [0.25, 0.3) is 6.08 Å². The van der Waals surface area contributed by atoms with Gasteiger partial charge in [0.05, 0.1) is 23.6 Å². The molecule has 3 aromatic carbocycles. The Morgan fingerprint density at radius 2 is 1.30 bits per heavy atom. The van der Waals surface area contributed by atoms with Crippen LogP contribution in [-0.2, 0) is 19.2 Å². The van der Waals surface area contributed by atoms with E-state index in [2.05, 4.69) is 0 Å². The zero-order valence-corrected chi connectivity index (χ0v) is 21.6. The van der Waals surface area contributed by atoms with Crippen LogP contribution in [0.15, 0.2) is 78.9 Å². The van der Waals surface area contributed by atoms with E-state index in [4.69, 9.17) is 9.47 Å². The van der Waals surface area contributed by atoms with Crippen LogP contribution in [0.3, 0.4) is 0 Å². The Morgan fingerprint density at radius 3 is 1.93 bits per heavy atom. The van der Waals surface area contributed by atoms with E-state index in [-0.39, 0.29) is 5.78 Å². The van der Waals surface area contributed by atoms with Crippen molar-refractivity contribution in [1.82, 2.24) is 0 Å². The first-order valence-electron chi connectivity index (χ1n) is 12.8. The highest BCUT2D eigenvalue weighted by molar-refractivity contribution is 6.25. The molecule has 2 fully saturated rings. The zero-order chi connectivity index (χ0) is 28.1. The summed E-state index contributed by atoms with van der Waals surface area (Å²) in [6.45, 7) is 2.57. The Bertz CT molecular complexity index is 1590. The zero-order valence-electron chi connectivity index (χ0n) is 21.6. The predicted octanol–water partition coefficient (Wildman–Crippen LogP) is 3.81. The molecule has 6 rings (SSSR count).